The lowest BCUT2D eigenvalue weighted by atomic mass is 10.1. The van der Waals surface area contributed by atoms with E-state index in [0.717, 1.165) is 32.3 Å². The number of benzene rings is 2. The average Bonchev–Trinajstić information content (AvgIpc) is 1.71. The highest BCUT2D eigenvalue weighted by Gasteiger charge is 2.37. The van der Waals surface area contributed by atoms with Gasteiger partial charge in [0.05, 0.1) is 40.8 Å². The number of thiocarbonyl (C=S) groups is 6. The molecule has 122 heavy (non-hydrogen) atoms. The van der Waals surface area contributed by atoms with E-state index >= 15 is 0 Å². The number of aromatic nitrogens is 2. The summed E-state index contributed by atoms with van der Waals surface area (Å²) in [5.41, 5.74) is 8.34. The van der Waals surface area contributed by atoms with Gasteiger partial charge in [0, 0.05) is 99.9 Å². The van der Waals surface area contributed by atoms with Gasteiger partial charge in [-0.15, -0.1) is 22.7 Å². The van der Waals surface area contributed by atoms with Gasteiger partial charge in [0.25, 0.3) is 35.4 Å². The van der Waals surface area contributed by atoms with Crippen LogP contribution in [0.4, 0.5) is 0 Å². The van der Waals surface area contributed by atoms with Gasteiger partial charge >= 0.3 is 0 Å². The normalized spacial score (nSPS) is 17.1. The number of pyridine rings is 2. The molecule has 6 saturated heterocycles. The molecule has 0 bridgehead atoms. The van der Waals surface area contributed by atoms with Crippen LogP contribution in [0.15, 0.2) is 150 Å². The molecule has 640 valence electrons. The molecular formula is C88H92N8O12S14. The highest BCUT2D eigenvalue weighted by Crippen LogP contribution is 2.39. The van der Waals surface area contributed by atoms with Gasteiger partial charge in [0.2, 0.25) is 0 Å². The highest BCUT2D eigenvalue weighted by atomic mass is 32.2. The summed E-state index contributed by atoms with van der Waals surface area (Å²) in [6.07, 6.45) is 21.1. The zero-order chi connectivity index (χ0) is 89.3. The van der Waals surface area contributed by atoms with Crippen LogP contribution >= 0.6 is 167 Å². The summed E-state index contributed by atoms with van der Waals surface area (Å²) in [6.45, 7) is 20.6. The third-order valence-electron chi connectivity index (χ3n) is 17.9. The Morgan fingerprint density at radius 3 is 0.746 bits per heavy atom. The zero-order valence-electron chi connectivity index (χ0n) is 68.9. The zero-order valence-corrected chi connectivity index (χ0v) is 80.4. The monoisotopic (exact) mass is 1900 g/mol. The van der Waals surface area contributed by atoms with E-state index in [9.17, 15) is 57.5 Å². The van der Waals surface area contributed by atoms with Crippen molar-refractivity contribution in [2.24, 2.45) is 0 Å². The first-order chi connectivity index (χ1) is 58.1. The van der Waals surface area contributed by atoms with Gasteiger partial charge in [-0.25, -0.2) is 0 Å². The van der Waals surface area contributed by atoms with Gasteiger partial charge in [-0.05, 0) is 225 Å². The summed E-state index contributed by atoms with van der Waals surface area (Å²) in [7, 11) is 0. The van der Waals surface area contributed by atoms with Crippen LogP contribution in [0.3, 0.4) is 0 Å². The Labute approximate surface area is 778 Å². The maximum atomic E-state index is 12.4. The Kier molecular flexibility index (Phi) is 42.7. The SMILES string of the molecule is CC(=O)CCCN1C(=O)/C(=C/c2ccc(C)c(C)c2)SC1=S.CC(=O)CCCN1C(=O)/C(=C/c2ccc(C)c(C)c2)SC1=S.CC(=O)CCCN1C(=O)/C(=C/c2ccccn2)SC1=S.CC(=O)CCCN1C(=O)/C(=C/c2ccccn2)SC1=S.CC(=O)CCCN1C(=O)/C(=C/c2cccs2)SC1=S.CC(=O)CCCN1C(=O)/C(=C/c2cccs2)SC1=S. The maximum Gasteiger partial charge on any atom is 0.266 e. The Hall–Kier alpha value is -7.94. The predicted octanol–water partition coefficient (Wildman–Crippen LogP) is 19.7. The van der Waals surface area contributed by atoms with E-state index in [1.165, 1.54) is 92.8 Å². The summed E-state index contributed by atoms with van der Waals surface area (Å²) in [5.74, 6) is 0.376. The standard InChI is InChI=1S/2C17H19NO2S2.2C14H14N2O2S2.2C13H13NO2S3/c2*1-11-6-7-14(9-12(11)2)10-15-16(20)18(17(21)22-15)8-4-5-13(3)19;2*1-10(17)5-4-8-16-13(18)12(20-14(16)19)9-11-6-2-3-7-15-11;2*1-9(15)4-2-6-14-12(16)11(19-13(14)17)8-10-5-3-7-18-10/h2*6-7,9-10H,4-5,8H2,1-3H3;2*2-3,6-7,9H,4-5,8H2,1H3;2*3,5,7-8H,2,4,6H2,1H3/b2*15-10-;2*12-9-;2*11-8-. The number of nitrogens with zero attached hydrogens (tertiary/aromatic N) is 8. The minimum atomic E-state index is -0.103. The number of thiophene rings is 2. The summed E-state index contributed by atoms with van der Waals surface area (Å²) in [6, 6.07) is 31.1. The van der Waals surface area contributed by atoms with Crippen molar-refractivity contribution in [3.05, 3.63) is 204 Å². The predicted molar refractivity (Wildman–Crippen MR) is 528 cm³/mol. The second-order valence-electron chi connectivity index (χ2n) is 28.1. The Bertz CT molecular complexity index is 4860. The van der Waals surface area contributed by atoms with E-state index in [0.29, 0.717) is 172 Å². The van der Waals surface area contributed by atoms with Gasteiger partial charge in [-0.2, -0.15) is 0 Å². The van der Waals surface area contributed by atoms with E-state index in [1.807, 2.05) is 108 Å². The third kappa shape index (κ3) is 33.2. The molecule has 0 atom stereocenters. The molecule has 20 nitrogen and oxygen atoms in total. The first kappa shape index (κ1) is 101. The van der Waals surface area contributed by atoms with Gasteiger partial charge < -0.3 is 28.8 Å². The van der Waals surface area contributed by atoms with Crippen molar-refractivity contribution in [3.8, 4) is 0 Å². The van der Waals surface area contributed by atoms with Crippen molar-refractivity contribution in [1.82, 2.24) is 39.4 Å². The van der Waals surface area contributed by atoms with Crippen molar-refractivity contribution in [2.45, 2.75) is 146 Å². The molecule has 10 heterocycles. The van der Waals surface area contributed by atoms with Crippen LogP contribution < -0.4 is 0 Å². The largest absolute Gasteiger partial charge is 0.300 e. The van der Waals surface area contributed by atoms with Crippen LogP contribution in [0.2, 0.25) is 0 Å². The van der Waals surface area contributed by atoms with Crippen LogP contribution in [-0.2, 0) is 57.5 Å². The first-order valence-electron chi connectivity index (χ1n) is 38.6. The number of carbonyl (C=O) groups excluding carboxylic acids is 12. The number of aryl methyl sites for hydroxylation is 4. The molecule has 34 heteroatoms. The van der Waals surface area contributed by atoms with E-state index in [1.54, 1.807) is 118 Å². The molecule has 6 fully saturated rings. The molecule has 0 saturated carbocycles. The second kappa shape index (κ2) is 51.5. The summed E-state index contributed by atoms with van der Waals surface area (Å²) in [5, 5.41) is 3.94. The van der Waals surface area contributed by atoms with E-state index in [4.69, 9.17) is 73.3 Å². The van der Waals surface area contributed by atoms with E-state index in [-0.39, 0.29) is 70.1 Å². The minimum Gasteiger partial charge on any atom is -0.300 e. The number of ketones is 6. The van der Waals surface area contributed by atoms with Crippen molar-refractivity contribution in [1.29, 1.82) is 0 Å². The summed E-state index contributed by atoms with van der Waals surface area (Å²) >= 11 is 42.5. The fourth-order valence-corrected chi connectivity index (χ4v) is 20.5. The molecule has 6 aromatic rings. The first-order valence-corrected chi connectivity index (χ1v) is 47.7. The molecule has 0 radical (unpaired) electrons. The number of amides is 6. The number of rotatable bonds is 30. The Balaban J connectivity index is 0.000000202. The summed E-state index contributed by atoms with van der Waals surface area (Å²) < 4.78 is 3.39. The highest BCUT2D eigenvalue weighted by molar-refractivity contribution is 8.28. The molecule has 0 aliphatic carbocycles. The number of thioether (sulfide) groups is 6. The number of carbonyl (C=O) groups is 12. The number of hydrogen-bond donors (Lipinski definition) is 0. The molecule has 12 rings (SSSR count). The van der Waals surface area contributed by atoms with Crippen molar-refractivity contribution in [3.63, 3.8) is 0 Å². The van der Waals surface area contributed by atoms with Crippen molar-refractivity contribution < 1.29 is 57.5 Å². The topological polar surface area (TPSA) is 250 Å². The molecule has 0 unspecified atom stereocenters. The third-order valence-corrected chi connectivity index (χ3v) is 27.8. The molecule has 0 N–H and O–H groups in total. The maximum absolute atomic E-state index is 12.4. The van der Waals surface area contributed by atoms with Gasteiger partial charge in [-0.3, -0.25) is 68.1 Å². The fourth-order valence-electron chi connectivity index (χ4n) is 11.3. The Morgan fingerprint density at radius 2 is 0.541 bits per heavy atom. The smallest absolute Gasteiger partial charge is 0.266 e. The molecule has 4 aromatic heterocycles. The van der Waals surface area contributed by atoms with Crippen LogP contribution in [0.25, 0.3) is 36.5 Å². The van der Waals surface area contributed by atoms with Gasteiger partial charge in [0.15, 0.2) is 0 Å². The van der Waals surface area contributed by atoms with Crippen LogP contribution in [-0.4, -0.2) is 175 Å². The lowest BCUT2D eigenvalue weighted by molar-refractivity contribution is -0.123. The lowest BCUT2D eigenvalue weighted by Gasteiger charge is -2.13. The average molecular weight is 1900 g/mol. The van der Waals surface area contributed by atoms with Crippen molar-refractivity contribution >= 4 is 299 Å². The Morgan fingerprint density at radius 1 is 0.303 bits per heavy atom. The quantitative estimate of drug-likeness (QED) is 0.0300. The molecule has 6 aliphatic rings. The molecule has 6 aliphatic heterocycles. The lowest BCUT2D eigenvalue weighted by Crippen LogP contribution is -2.29. The van der Waals surface area contributed by atoms with Crippen LogP contribution in [0.1, 0.15) is 173 Å². The molecular weight excluding hydrogens is 1810 g/mol. The number of hydrogen-bond acceptors (Lipinski definition) is 28. The van der Waals surface area contributed by atoms with Crippen molar-refractivity contribution in [2.75, 3.05) is 39.3 Å². The second-order valence-corrected chi connectivity index (χ2v) is 40.1. The molecule has 2 aromatic carbocycles. The molecule has 6 amide bonds. The number of Topliss-reactive ketones (excluding diaryl/α,β-unsaturated/α-hetero) is 6. The summed E-state index contributed by atoms with van der Waals surface area (Å²) in [4.78, 5) is 163. The van der Waals surface area contributed by atoms with Crippen LogP contribution in [0, 0.1) is 27.7 Å². The molecule has 0 spiro atoms. The fraction of sp³-hybridized carbons (Fsp3) is 0.318. The van der Waals surface area contributed by atoms with Crippen LogP contribution in [0.5, 0.6) is 0 Å². The van der Waals surface area contributed by atoms with E-state index in [2.05, 4.69) is 61.9 Å². The van der Waals surface area contributed by atoms with E-state index < -0.39 is 0 Å². The van der Waals surface area contributed by atoms with Gasteiger partial charge in [0.1, 0.15) is 60.6 Å². The minimum absolute atomic E-state index is 0.0491. The van der Waals surface area contributed by atoms with Gasteiger partial charge in [-0.1, -0.05) is 205 Å².